The normalized spacial score (nSPS) is 10.6. The molecule has 2 aromatic carbocycles. The number of methoxy groups -OCH3 is 1. The Morgan fingerprint density at radius 1 is 1.21 bits per heavy atom. The first-order chi connectivity index (χ1) is 11.6. The van der Waals surface area contributed by atoms with Crippen LogP contribution >= 0.6 is 22.9 Å². The average Bonchev–Trinajstić information content (AvgIpc) is 2.98. The molecule has 24 heavy (non-hydrogen) atoms. The van der Waals surface area contributed by atoms with Crippen molar-refractivity contribution < 1.29 is 14.6 Å². The summed E-state index contributed by atoms with van der Waals surface area (Å²) >= 11 is 7.58. The molecule has 1 heterocycles. The number of thiazole rings is 1. The molecule has 0 unspecified atom stereocenters. The van der Waals surface area contributed by atoms with Crippen LogP contribution in [0, 0.1) is 0 Å². The van der Waals surface area contributed by atoms with E-state index < -0.39 is 5.97 Å². The van der Waals surface area contributed by atoms with Gasteiger partial charge in [-0.1, -0.05) is 41.9 Å². The number of benzene rings is 2. The van der Waals surface area contributed by atoms with Crippen molar-refractivity contribution in [3.05, 3.63) is 58.4 Å². The number of nitrogens with zero attached hydrogens (tertiary/aromatic N) is 1. The number of aromatic nitrogens is 1. The summed E-state index contributed by atoms with van der Waals surface area (Å²) in [4.78, 5) is 16.6. The fourth-order valence-corrected chi connectivity index (χ4v) is 3.69. The number of aliphatic carboxylic acids is 1. The predicted octanol–water partition coefficient (Wildman–Crippen LogP) is 4.77. The summed E-state index contributed by atoms with van der Waals surface area (Å²) in [6.07, 6.45) is -0.0799. The number of rotatable bonds is 5. The number of carbonyl (C=O) groups is 1. The molecule has 6 heteroatoms. The molecule has 122 valence electrons. The van der Waals surface area contributed by atoms with Crippen molar-refractivity contribution in [2.45, 2.75) is 6.42 Å². The number of hydrogen-bond donors (Lipinski definition) is 1. The molecule has 0 aliphatic rings. The van der Waals surface area contributed by atoms with Gasteiger partial charge in [-0.25, -0.2) is 4.98 Å². The molecule has 0 saturated heterocycles. The van der Waals surface area contributed by atoms with Gasteiger partial charge >= 0.3 is 5.97 Å². The van der Waals surface area contributed by atoms with Crippen LogP contribution in [0.5, 0.6) is 5.75 Å². The van der Waals surface area contributed by atoms with Gasteiger partial charge in [0.25, 0.3) is 0 Å². The zero-order chi connectivity index (χ0) is 17.1. The fourth-order valence-electron chi connectivity index (χ4n) is 2.35. The Balaban J connectivity index is 2.10. The van der Waals surface area contributed by atoms with E-state index >= 15 is 0 Å². The highest BCUT2D eigenvalue weighted by Crippen LogP contribution is 2.37. The molecule has 0 aliphatic carbocycles. The lowest BCUT2D eigenvalue weighted by molar-refractivity contribution is -0.136. The highest BCUT2D eigenvalue weighted by Gasteiger charge is 2.17. The Morgan fingerprint density at radius 3 is 2.58 bits per heavy atom. The van der Waals surface area contributed by atoms with Gasteiger partial charge in [0.15, 0.2) is 0 Å². The van der Waals surface area contributed by atoms with Gasteiger partial charge in [-0.3, -0.25) is 4.79 Å². The largest absolute Gasteiger partial charge is 0.495 e. The monoisotopic (exact) mass is 359 g/mol. The molecule has 0 saturated carbocycles. The van der Waals surface area contributed by atoms with Gasteiger partial charge in [0.05, 0.1) is 24.2 Å². The maximum absolute atomic E-state index is 11.2. The van der Waals surface area contributed by atoms with Crippen molar-refractivity contribution in [1.29, 1.82) is 0 Å². The van der Waals surface area contributed by atoms with E-state index in [4.69, 9.17) is 16.3 Å². The zero-order valence-electron chi connectivity index (χ0n) is 12.8. The van der Waals surface area contributed by atoms with Crippen LogP contribution < -0.4 is 4.74 Å². The highest BCUT2D eigenvalue weighted by molar-refractivity contribution is 7.15. The molecule has 3 rings (SSSR count). The molecule has 1 N–H and O–H groups in total. The molecule has 0 spiro atoms. The van der Waals surface area contributed by atoms with Gasteiger partial charge < -0.3 is 9.84 Å². The van der Waals surface area contributed by atoms with Crippen LogP contribution in [0.1, 0.15) is 4.88 Å². The third kappa shape index (κ3) is 3.42. The smallest absolute Gasteiger partial charge is 0.308 e. The number of carboxylic acids is 1. The number of hydrogen-bond acceptors (Lipinski definition) is 4. The summed E-state index contributed by atoms with van der Waals surface area (Å²) in [6.45, 7) is 0. The maximum atomic E-state index is 11.2. The number of carboxylic acid groups (broad SMARTS) is 1. The Hall–Kier alpha value is -2.37. The minimum atomic E-state index is -0.890. The first kappa shape index (κ1) is 16.5. The SMILES string of the molecule is COc1ccc(-c2nc(-c3ccccc3)sc2CC(=O)O)cc1Cl. The van der Waals surface area contributed by atoms with Gasteiger partial charge in [-0.05, 0) is 18.2 Å². The van der Waals surface area contributed by atoms with E-state index in [0.29, 0.717) is 21.3 Å². The second-order valence-electron chi connectivity index (χ2n) is 5.08. The van der Waals surface area contributed by atoms with Crippen LogP contribution in [0.2, 0.25) is 5.02 Å². The molecular weight excluding hydrogens is 346 g/mol. The third-order valence-electron chi connectivity index (χ3n) is 3.46. The lowest BCUT2D eigenvalue weighted by Crippen LogP contribution is -1.99. The first-order valence-electron chi connectivity index (χ1n) is 7.19. The van der Waals surface area contributed by atoms with Crippen molar-refractivity contribution >= 4 is 28.9 Å². The van der Waals surface area contributed by atoms with Crippen molar-refractivity contribution in [1.82, 2.24) is 4.98 Å². The minimum Gasteiger partial charge on any atom is -0.495 e. The highest BCUT2D eigenvalue weighted by atomic mass is 35.5. The van der Waals surface area contributed by atoms with Crippen LogP contribution in [-0.2, 0) is 11.2 Å². The molecule has 0 aliphatic heterocycles. The Labute approximate surface area is 148 Å². The molecule has 1 aromatic heterocycles. The van der Waals surface area contributed by atoms with E-state index in [-0.39, 0.29) is 6.42 Å². The lowest BCUT2D eigenvalue weighted by Gasteiger charge is -2.05. The summed E-state index contributed by atoms with van der Waals surface area (Å²) in [5.41, 5.74) is 2.38. The summed E-state index contributed by atoms with van der Waals surface area (Å²) in [7, 11) is 1.55. The third-order valence-corrected chi connectivity index (χ3v) is 4.85. The first-order valence-corrected chi connectivity index (χ1v) is 8.38. The zero-order valence-corrected chi connectivity index (χ0v) is 14.4. The van der Waals surface area contributed by atoms with E-state index in [1.165, 1.54) is 11.3 Å². The second-order valence-corrected chi connectivity index (χ2v) is 6.57. The van der Waals surface area contributed by atoms with Crippen molar-refractivity contribution in [2.24, 2.45) is 0 Å². The van der Waals surface area contributed by atoms with E-state index in [2.05, 4.69) is 4.98 Å². The van der Waals surface area contributed by atoms with Crippen LogP contribution in [0.4, 0.5) is 0 Å². The van der Waals surface area contributed by atoms with E-state index in [9.17, 15) is 9.90 Å². The maximum Gasteiger partial charge on any atom is 0.308 e. The summed E-state index contributed by atoms with van der Waals surface area (Å²) in [6, 6.07) is 15.0. The molecule has 0 radical (unpaired) electrons. The summed E-state index contributed by atoms with van der Waals surface area (Å²) in [5, 5.41) is 10.4. The van der Waals surface area contributed by atoms with Crippen LogP contribution in [0.15, 0.2) is 48.5 Å². The average molecular weight is 360 g/mol. The molecule has 4 nitrogen and oxygen atoms in total. The standard InChI is InChI=1S/C18H14ClNO3S/c1-23-14-8-7-12(9-13(14)19)17-15(10-16(21)22)24-18(20-17)11-5-3-2-4-6-11/h2-9H,10H2,1H3,(H,21,22). The van der Waals surface area contributed by atoms with Gasteiger partial charge in [-0.2, -0.15) is 0 Å². The molecule has 0 amide bonds. The van der Waals surface area contributed by atoms with Gasteiger partial charge in [0, 0.05) is 16.0 Å². The number of halogens is 1. The second kappa shape index (κ2) is 7.03. The van der Waals surface area contributed by atoms with E-state index in [1.807, 2.05) is 36.4 Å². The predicted molar refractivity (Wildman–Crippen MR) is 95.9 cm³/mol. The van der Waals surface area contributed by atoms with Crippen molar-refractivity contribution in [3.8, 4) is 27.6 Å². The molecule has 0 atom stereocenters. The van der Waals surface area contributed by atoms with Gasteiger partial charge in [0.2, 0.25) is 0 Å². The Bertz CT molecular complexity index is 877. The Morgan fingerprint density at radius 2 is 1.96 bits per heavy atom. The Kier molecular flexibility index (Phi) is 4.83. The van der Waals surface area contributed by atoms with Crippen LogP contribution in [0.3, 0.4) is 0 Å². The fraction of sp³-hybridized carbons (Fsp3) is 0.111. The van der Waals surface area contributed by atoms with Crippen molar-refractivity contribution in [2.75, 3.05) is 7.11 Å². The lowest BCUT2D eigenvalue weighted by atomic mass is 10.1. The van der Waals surface area contributed by atoms with Gasteiger partial charge in [-0.15, -0.1) is 11.3 Å². The summed E-state index contributed by atoms with van der Waals surface area (Å²) in [5.74, 6) is -0.321. The van der Waals surface area contributed by atoms with E-state index in [1.54, 1.807) is 19.2 Å². The van der Waals surface area contributed by atoms with E-state index in [0.717, 1.165) is 16.1 Å². The molecule has 0 fully saturated rings. The molecule has 3 aromatic rings. The van der Waals surface area contributed by atoms with Crippen molar-refractivity contribution in [3.63, 3.8) is 0 Å². The van der Waals surface area contributed by atoms with Crippen LogP contribution in [-0.4, -0.2) is 23.2 Å². The van der Waals surface area contributed by atoms with Gasteiger partial charge in [0.1, 0.15) is 10.8 Å². The number of ether oxygens (including phenoxy) is 1. The topological polar surface area (TPSA) is 59.4 Å². The summed E-state index contributed by atoms with van der Waals surface area (Å²) < 4.78 is 5.16. The quantitative estimate of drug-likeness (QED) is 0.713. The molecule has 0 bridgehead atoms. The minimum absolute atomic E-state index is 0.0799. The molecular formula is C18H14ClNO3S. The van der Waals surface area contributed by atoms with Crippen LogP contribution in [0.25, 0.3) is 21.8 Å².